The molecule has 0 aliphatic heterocycles. The van der Waals surface area contributed by atoms with Crippen LogP contribution in [0.3, 0.4) is 0 Å². The van der Waals surface area contributed by atoms with Crippen molar-refractivity contribution in [2.75, 3.05) is 0 Å². The molecule has 0 aliphatic rings. The van der Waals surface area contributed by atoms with Crippen molar-refractivity contribution in [1.82, 2.24) is 20.2 Å². The van der Waals surface area contributed by atoms with Crippen molar-refractivity contribution in [3.63, 3.8) is 0 Å². The second-order valence-electron chi connectivity index (χ2n) is 6.34. The van der Waals surface area contributed by atoms with Gasteiger partial charge in [0.25, 0.3) is 0 Å². The topological polar surface area (TPSA) is 90.1 Å². The summed E-state index contributed by atoms with van der Waals surface area (Å²) in [5, 5.41) is 20.6. The summed E-state index contributed by atoms with van der Waals surface area (Å²) in [5.41, 5.74) is -0.291. The molecule has 0 saturated carbocycles. The number of rotatable bonds is 7. The van der Waals surface area contributed by atoms with Crippen molar-refractivity contribution in [2.24, 2.45) is 11.8 Å². The Morgan fingerprint density at radius 3 is 2.55 bits per heavy atom. The highest BCUT2D eigenvalue weighted by atomic mass is 16.5. The summed E-state index contributed by atoms with van der Waals surface area (Å²) in [4.78, 5) is 11.3. The number of aromatic nitrogens is 4. The Labute approximate surface area is 119 Å². The van der Waals surface area contributed by atoms with Crippen molar-refractivity contribution >= 4 is 5.97 Å². The van der Waals surface area contributed by atoms with Crippen LogP contribution in [0.1, 0.15) is 46.9 Å². The number of ether oxygens (including phenoxy) is 1. The zero-order valence-corrected chi connectivity index (χ0v) is 12.8. The monoisotopic (exact) mass is 284 g/mol. The molecule has 1 aromatic heterocycles. The molecule has 0 radical (unpaired) electrons. The number of aliphatic carboxylic acids is 1. The Hall–Kier alpha value is -1.50. The third kappa shape index (κ3) is 5.64. The van der Waals surface area contributed by atoms with Crippen LogP contribution in [-0.2, 0) is 22.7 Å². The fraction of sp³-hybridized carbons (Fsp3) is 0.846. The molecule has 0 amide bonds. The predicted molar refractivity (Wildman–Crippen MR) is 72.9 cm³/mol. The van der Waals surface area contributed by atoms with Crippen LogP contribution in [0.5, 0.6) is 0 Å². The van der Waals surface area contributed by atoms with Crippen molar-refractivity contribution < 1.29 is 14.6 Å². The van der Waals surface area contributed by atoms with E-state index in [0.717, 1.165) is 0 Å². The Balaban J connectivity index is 2.71. The van der Waals surface area contributed by atoms with Crippen LogP contribution in [0.4, 0.5) is 0 Å². The Kier molecular flexibility index (Phi) is 5.62. The van der Waals surface area contributed by atoms with Crippen molar-refractivity contribution in [2.45, 2.75) is 59.8 Å². The summed E-state index contributed by atoms with van der Waals surface area (Å²) in [7, 11) is 0. The van der Waals surface area contributed by atoms with E-state index in [-0.39, 0.29) is 18.8 Å². The van der Waals surface area contributed by atoms with Gasteiger partial charge >= 0.3 is 5.97 Å². The molecule has 0 aliphatic carbocycles. The molecule has 114 valence electrons. The van der Waals surface area contributed by atoms with Crippen LogP contribution in [0.25, 0.3) is 0 Å². The van der Waals surface area contributed by atoms with Gasteiger partial charge in [-0.3, -0.25) is 4.79 Å². The molecule has 1 N–H and O–H groups in total. The lowest BCUT2D eigenvalue weighted by Crippen LogP contribution is -2.25. The van der Waals surface area contributed by atoms with E-state index in [0.29, 0.717) is 18.2 Å². The van der Waals surface area contributed by atoms with Crippen LogP contribution in [0.15, 0.2) is 0 Å². The van der Waals surface area contributed by atoms with Gasteiger partial charge in [-0.15, -0.1) is 5.10 Å². The van der Waals surface area contributed by atoms with Gasteiger partial charge in [-0.1, -0.05) is 13.8 Å². The molecule has 7 nitrogen and oxygen atoms in total. The van der Waals surface area contributed by atoms with Crippen LogP contribution in [0, 0.1) is 11.8 Å². The molecule has 0 aromatic carbocycles. The molecule has 0 fully saturated rings. The molecule has 1 unspecified atom stereocenters. The second kappa shape index (κ2) is 6.78. The number of nitrogens with zero attached hydrogens (tertiary/aromatic N) is 4. The fourth-order valence-corrected chi connectivity index (χ4v) is 1.78. The lowest BCUT2D eigenvalue weighted by Gasteiger charge is -2.19. The maximum absolute atomic E-state index is 11.3. The number of tetrazole rings is 1. The van der Waals surface area contributed by atoms with Crippen molar-refractivity contribution in [1.29, 1.82) is 0 Å². The minimum atomic E-state index is -0.822. The van der Waals surface area contributed by atoms with Crippen LogP contribution >= 0.6 is 0 Å². The SMILES string of the molecule is CC(C)CC(Cn1nnnc1COC(C)(C)C)C(=O)O. The second-order valence-corrected chi connectivity index (χ2v) is 6.34. The number of carbonyl (C=O) groups is 1. The van der Waals surface area contributed by atoms with E-state index < -0.39 is 11.9 Å². The van der Waals surface area contributed by atoms with E-state index in [2.05, 4.69) is 15.5 Å². The van der Waals surface area contributed by atoms with Crippen LogP contribution in [-0.4, -0.2) is 36.9 Å². The molecular weight excluding hydrogens is 260 g/mol. The number of hydrogen-bond acceptors (Lipinski definition) is 5. The minimum absolute atomic E-state index is 0.267. The first-order chi connectivity index (χ1) is 9.19. The smallest absolute Gasteiger partial charge is 0.308 e. The highest BCUT2D eigenvalue weighted by Gasteiger charge is 2.22. The van der Waals surface area contributed by atoms with Crippen LogP contribution in [0.2, 0.25) is 0 Å². The molecule has 0 bridgehead atoms. The fourth-order valence-electron chi connectivity index (χ4n) is 1.78. The van der Waals surface area contributed by atoms with Gasteiger partial charge in [-0.25, -0.2) is 4.68 Å². The quantitative estimate of drug-likeness (QED) is 0.820. The first kappa shape index (κ1) is 16.6. The van der Waals surface area contributed by atoms with E-state index >= 15 is 0 Å². The van der Waals surface area contributed by atoms with Gasteiger partial charge in [-0.05, 0) is 43.5 Å². The average Bonchev–Trinajstić information content (AvgIpc) is 2.71. The van der Waals surface area contributed by atoms with Gasteiger partial charge in [0.1, 0.15) is 6.61 Å². The summed E-state index contributed by atoms with van der Waals surface area (Å²) in [6.07, 6.45) is 0.592. The van der Waals surface area contributed by atoms with Gasteiger partial charge in [0.05, 0.1) is 18.1 Å². The average molecular weight is 284 g/mol. The Morgan fingerprint density at radius 2 is 2.05 bits per heavy atom. The summed E-state index contributed by atoms with van der Waals surface area (Å²) in [5.74, 6) is -0.458. The molecule has 0 saturated heterocycles. The highest BCUT2D eigenvalue weighted by molar-refractivity contribution is 5.69. The minimum Gasteiger partial charge on any atom is -0.481 e. The highest BCUT2D eigenvalue weighted by Crippen LogP contribution is 2.15. The van der Waals surface area contributed by atoms with Gasteiger partial charge in [0.2, 0.25) is 0 Å². The maximum atomic E-state index is 11.3. The lowest BCUT2D eigenvalue weighted by atomic mass is 9.97. The third-order valence-electron chi connectivity index (χ3n) is 2.74. The number of carboxylic acids is 1. The third-order valence-corrected chi connectivity index (χ3v) is 2.74. The molecule has 1 atom stereocenters. The summed E-state index contributed by atoms with van der Waals surface area (Å²) in [6.45, 7) is 10.4. The van der Waals surface area contributed by atoms with E-state index in [9.17, 15) is 9.90 Å². The number of hydrogen-bond donors (Lipinski definition) is 1. The molecule has 0 spiro atoms. The molecule has 7 heteroatoms. The molecule has 1 heterocycles. The molecule has 1 rings (SSSR count). The van der Waals surface area contributed by atoms with E-state index in [1.165, 1.54) is 4.68 Å². The standard InChI is InChI=1S/C13H24N4O3/c1-9(2)6-10(12(18)19)7-17-11(14-15-16-17)8-20-13(3,4)5/h9-10H,6-8H2,1-5H3,(H,18,19). The summed E-state index contributed by atoms with van der Waals surface area (Å²) < 4.78 is 7.15. The van der Waals surface area contributed by atoms with Gasteiger partial charge in [-0.2, -0.15) is 0 Å². The first-order valence-electron chi connectivity index (χ1n) is 6.81. The number of carboxylic acid groups (broad SMARTS) is 1. The van der Waals surface area contributed by atoms with E-state index in [1.807, 2.05) is 34.6 Å². The van der Waals surface area contributed by atoms with Gasteiger partial charge < -0.3 is 9.84 Å². The van der Waals surface area contributed by atoms with Gasteiger partial charge in [0.15, 0.2) is 5.82 Å². The largest absolute Gasteiger partial charge is 0.481 e. The zero-order chi connectivity index (χ0) is 15.3. The van der Waals surface area contributed by atoms with Crippen molar-refractivity contribution in [3.8, 4) is 0 Å². The molecular formula is C13H24N4O3. The lowest BCUT2D eigenvalue weighted by molar-refractivity contribution is -0.143. The van der Waals surface area contributed by atoms with Crippen LogP contribution < -0.4 is 0 Å². The van der Waals surface area contributed by atoms with Gasteiger partial charge in [0, 0.05) is 0 Å². The van der Waals surface area contributed by atoms with E-state index in [4.69, 9.17) is 4.74 Å². The maximum Gasteiger partial charge on any atom is 0.308 e. The summed E-state index contributed by atoms with van der Waals surface area (Å²) >= 11 is 0. The first-order valence-corrected chi connectivity index (χ1v) is 6.81. The summed E-state index contributed by atoms with van der Waals surface area (Å²) in [6, 6.07) is 0. The Bertz CT molecular complexity index is 437. The molecule has 20 heavy (non-hydrogen) atoms. The zero-order valence-electron chi connectivity index (χ0n) is 12.8. The Morgan fingerprint density at radius 1 is 1.40 bits per heavy atom. The van der Waals surface area contributed by atoms with Crippen molar-refractivity contribution in [3.05, 3.63) is 5.82 Å². The normalized spacial score (nSPS) is 13.7. The van der Waals surface area contributed by atoms with E-state index in [1.54, 1.807) is 0 Å². The molecule has 1 aromatic rings. The predicted octanol–water partition coefficient (Wildman–Crippen LogP) is 1.74.